The van der Waals surface area contributed by atoms with Crippen LogP contribution in [-0.4, -0.2) is 99.0 Å². The third-order valence-corrected chi connectivity index (χ3v) is 7.45. The molecule has 0 fully saturated rings. The molecule has 0 aliphatic carbocycles. The van der Waals surface area contributed by atoms with E-state index < -0.39 is 90.4 Å². The smallest absolute Gasteiger partial charge is 0.326 e. The standard InChI is InChI=1S/C28H42N6O10S/c1-4-14(2)23(28(43)44)34-27(42)20(13-22(37)38)33-25(40)18(11-15-5-7-16(35)8-6-15)32-26(41)19(12-21(30)36)31-24(39)17(29)9-10-45-3/h5-8,14,17-20,23,35H,4,9-13,29H2,1-3H3,(H2,30,36)(H,31,39)(H,32,41)(H,33,40)(H,34,42)(H,37,38)(H,43,44)/t14-,17-,18-,19-,20-,23-/m0/s1. The number of aliphatic carboxylic acids is 2. The molecule has 6 atom stereocenters. The number of hydrogen-bond donors (Lipinski definition) is 9. The molecule has 0 aliphatic heterocycles. The van der Waals surface area contributed by atoms with E-state index >= 15 is 0 Å². The first-order chi connectivity index (χ1) is 21.1. The molecule has 1 aromatic rings. The number of carbonyl (C=O) groups excluding carboxylic acids is 5. The second kappa shape index (κ2) is 19.1. The van der Waals surface area contributed by atoms with Gasteiger partial charge in [0.2, 0.25) is 29.5 Å². The highest BCUT2D eigenvalue weighted by Gasteiger charge is 2.34. The number of aromatic hydroxyl groups is 1. The SMILES string of the molecule is CC[C@H](C)[C@H](NC(=O)[C@H](CC(=O)O)NC(=O)[C@H](Cc1ccc(O)cc1)NC(=O)[C@H](CC(N)=O)NC(=O)[C@@H](N)CCSC)C(=O)O. The fraction of sp³-hybridized carbons (Fsp3) is 0.536. The Labute approximate surface area is 264 Å². The average Bonchev–Trinajstić information content (AvgIpc) is 2.97. The van der Waals surface area contributed by atoms with Gasteiger partial charge in [-0.2, -0.15) is 11.8 Å². The Morgan fingerprint density at radius 1 is 0.822 bits per heavy atom. The highest BCUT2D eigenvalue weighted by atomic mass is 32.2. The number of nitrogens with one attached hydrogen (secondary N) is 4. The number of amides is 5. The molecule has 0 saturated carbocycles. The topological polar surface area (TPSA) is 280 Å². The van der Waals surface area contributed by atoms with Crippen molar-refractivity contribution >= 4 is 53.2 Å². The van der Waals surface area contributed by atoms with Crippen molar-refractivity contribution in [3.63, 3.8) is 0 Å². The molecule has 0 radical (unpaired) electrons. The Hall–Kier alpha value is -4.38. The summed E-state index contributed by atoms with van der Waals surface area (Å²) in [5, 5.41) is 37.8. The van der Waals surface area contributed by atoms with Crippen molar-refractivity contribution in [2.75, 3.05) is 12.0 Å². The average molecular weight is 655 g/mol. The Kier molecular flexibility index (Phi) is 16.4. The van der Waals surface area contributed by atoms with E-state index in [9.17, 15) is 48.9 Å². The molecule has 1 aromatic carbocycles. The highest BCUT2D eigenvalue weighted by Crippen LogP contribution is 2.13. The summed E-state index contributed by atoms with van der Waals surface area (Å²) in [5.74, 6) is -7.69. The van der Waals surface area contributed by atoms with E-state index in [4.69, 9.17) is 11.5 Å². The van der Waals surface area contributed by atoms with Gasteiger partial charge in [0.15, 0.2) is 0 Å². The van der Waals surface area contributed by atoms with Crippen LogP contribution in [0.25, 0.3) is 0 Å². The van der Waals surface area contributed by atoms with Gasteiger partial charge in [-0.25, -0.2) is 4.79 Å². The molecule has 0 unspecified atom stereocenters. The van der Waals surface area contributed by atoms with E-state index in [1.807, 2.05) is 6.26 Å². The lowest BCUT2D eigenvalue weighted by Gasteiger charge is -2.26. The summed E-state index contributed by atoms with van der Waals surface area (Å²) in [6, 6.07) is -1.62. The molecule has 11 N–H and O–H groups in total. The number of rotatable bonds is 20. The third-order valence-electron chi connectivity index (χ3n) is 6.81. The third kappa shape index (κ3) is 13.9. The van der Waals surface area contributed by atoms with Crippen LogP contribution in [0.3, 0.4) is 0 Å². The minimum absolute atomic E-state index is 0.0849. The van der Waals surface area contributed by atoms with Crippen LogP contribution >= 0.6 is 11.8 Å². The van der Waals surface area contributed by atoms with Gasteiger partial charge in [0, 0.05) is 6.42 Å². The zero-order valence-electron chi connectivity index (χ0n) is 25.3. The fourth-order valence-electron chi connectivity index (χ4n) is 4.01. The van der Waals surface area contributed by atoms with E-state index in [0.29, 0.717) is 17.7 Å². The quantitative estimate of drug-likeness (QED) is 0.0772. The molecule has 5 amide bonds. The summed E-state index contributed by atoms with van der Waals surface area (Å²) in [6.45, 7) is 3.27. The normalized spacial score (nSPS) is 14.8. The summed E-state index contributed by atoms with van der Waals surface area (Å²) in [7, 11) is 0. The van der Waals surface area contributed by atoms with Crippen LogP contribution in [0.5, 0.6) is 5.75 Å². The van der Waals surface area contributed by atoms with Gasteiger partial charge in [0.25, 0.3) is 0 Å². The number of primary amides is 1. The molecule has 0 bridgehead atoms. The maximum atomic E-state index is 13.5. The van der Waals surface area contributed by atoms with Crippen LogP contribution < -0.4 is 32.7 Å². The Bertz CT molecular complexity index is 1210. The van der Waals surface area contributed by atoms with Crippen molar-refractivity contribution in [2.45, 2.75) is 76.2 Å². The van der Waals surface area contributed by atoms with E-state index in [2.05, 4.69) is 21.3 Å². The molecule has 0 saturated heterocycles. The van der Waals surface area contributed by atoms with E-state index in [-0.39, 0.29) is 18.6 Å². The van der Waals surface area contributed by atoms with Crippen molar-refractivity contribution < 1.29 is 48.9 Å². The van der Waals surface area contributed by atoms with Crippen LogP contribution in [0.4, 0.5) is 0 Å². The van der Waals surface area contributed by atoms with Crippen LogP contribution in [0.2, 0.25) is 0 Å². The van der Waals surface area contributed by atoms with Gasteiger partial charge in [-0.15, -0.1) is 0 Å². The summed E-state index contributed by atoms with van der Waals surface area (Å²) < 4.78 is 0. The molecule has 1 rings (SSSR count). The van der Waals surface area contributed by atoms with Crippen LogP contribution in [0, 0.1) is 5.92 Å². The second-order valence-corrected chi connectivity index (χ2v) is 11.4. The molecule has 0 spiro atoms. The Morgan fingerprint density at radius 3 is 1.84 bits per heavy atom. The summed E-state index contributed by atoms with van der Waals surface area (Å²) in [5.41, 5.74) is 11.6. The van der Waals surface area contributed by atoms with Crippen molar-refractivity contribution in [1.82, 2.24) is 21.3 Å². The Balaban J connectivity index is 3.33. The highest BCUT2D eigenvalue weighted by molar-refractivity contribution is 7.98. The van der Waals surface area contributed by atoms with Gasteiger partial charge in [-0.1, -0.05) is 32.4 Å². The first kappa shape index (κ1) is 38.6. The van der Waals surface area contributed by atoms with E-state index in [1.165, 1.54) is 36.0 Å². The number of hydrogen-bond acceptors (Lipinski definition) is 10. The van der Waals surface area contributed by atoms with Gasteiger partial charge in [0.05, 0.1) is 18.9 Å². The molecule has 0 aliphatic rings. The van der Waals surface area contributed by atoms with Gasteiger partial charge in [-0.05, 0) is 42.0 Å². The summed E-state index contributed by atoms with van der Waals surface area (Å²) in [6.07, 6.45) is 0.660. The lowest BCUT2D eigenvalue weighted by molar-refractivity contribution is -0.144. The first-order valence-corrected chi connectivity index (χ1v) is 15.5. The van der Waals surface area contributed by atoms with Crippen molar-refractivity contribution in [3.8, 4) is 5.75 Å². The van der Waals surface area contributed by atoms with Crippen LogP contribution in [0.1, 0.15) is 45.1 Å². The Morgan fingerprint density at radius 2 is 1.33 bits per heavy atom. The predicted octanol–water partition coefficient (Wildman–Crippen LogP) is -1.56. The van der Waals surface area contributed by atoms with E-state index in [1.54, 1.807) is 13.8 Å². The molecule has 45 heavy (non-hydrogen) atoms. The van der Waals surface area contributed by atoms with Gasteiger partial charge >= 0.3 is 11.9 Å². The van der Waals surface area contributed by atoms with Gasteiger partial charge in [-0.3, -0.25) is 28.8 Å². The summed E-state index contributed by atoms with van der Waals surface area (Å²) in [4.78, 5) is 87.4. The number of phenolic OH excluding ortho intramolecular Hbond substituents is 1. The van der Waals surface area contributed by atoms with Crippen molar-refractivity contribution in [1.29, 1.82) is 0 Å². The predicted molar refractivity (Wildman–Crippen MR) is 164 cm³/mol. The van der Waals surface area contributed by atoms with Crippen LogP contribution in [-0.2, 0) is 40.0 Å². The first-order valence-electron chi connectivity index (χ1n) is 14.1. The van der Waals surface area contributed by atoms with Crippen molar-refractivity contribution in [2.24, 2.45) is 17.4 Å². The zero-order chi connectivity index (χ0) is 34.3. The van der Waals surface area contributed by atoms with Gasteiger partial charge in [0.1, 0.15) is 29.9 Å². The number of nitrogens with two attached hydrogens (primary N) is 2. The maximum Gasteiger partial charge on any atom is 0.326 e. The molecule has 0 heterocycles. The van der Waals surface area contributed by atoms with E-state index in [0.717, 1.165) is 0 Å². The number of carbonyl (C=O) groups is 7. The zero-order valence-corrected chi connectivity index (χ0v) is 26.1. The monoisotopic (exact) mass is 654 g/mol. The number of thioether (sulfide) groups is 1. The largest absolute Gasteiger partial charge is 0.508 e. The van der Waals surface area contributed by atoms with Crippen LogP contribution in [0.15, 0.2) is 24.3 Å². The molecular weight excluding hydrogens is 612 g/mol. The number of carboxylic acid groups (broad SMARTS) is 2. The molecule has 0 aromatic heterocycles. The summed E-state index contributed by atoms with van der Waals surface area (Å²) >= 11 is 1.45. The number of phenols is 1. The molecular formula is C28H42N6O10S. The minimum atomic E-state index is -1.74. The minimum Gasteiger partial charge on any atom is -0.508 e. The molecule has 16 nitrogen and oxygen atoms in total. The molecule has 250 valence electrons. The van der Waals surface area contributed by atoms with Gasteiger partial charge < -0.3 is 48.1 Å². The lowest BCUT2D eigenvalue weighted by atomic mass is 9.98. The number of carboxylic acids is 2. The van der Waals surface area contributed by atoms with Crippen molar-refractivity contribution in [3.05, 3.63) is 29.8 Å². The second-order valence-electron chi connectivity index (χ2n) is 10.4. The lowest BCUT2D eigenvalue weighted by Crippen LogP contribution is -2.60. The fourth-order valence-corrected chi connectivity index (χ4v) is 4.50. The number of benzene rings is 1. The molecule has 17 heteroatoms. The maximum absolute atomic E-state index is 13.5.